The van der Waals surface area contributed by atoms with Gasteiger partial charge in [-0.1, -0.05) is 48.5 Å². The maximum absolute atomic E-state index is 12.4. The number of methoxy groups -OCH3 is 1. The molecule has 0 saturated carbocycles. The van der Waals surface area contributed by atoms with Gasteiger partial charge in [0.05, 0.1) is 19.3 Å². The lowest BCUT2D eigenvalue weighted by molar-refractivity contribution is 0.0937. The molecule has 3 rings (SSSR count). The van der Waals surface area contributed by atoms with Gasteiger partial charge in [-0.15, -0.1) is 0 Å². The molecule has 0 saturated heterocycles. The number of carbonyl (C=O) groups is 1. The maximum atomic E-state index is 12.4. The summed E-state index contributed by atoms with van der Waals surface area (Å²) in [6.45, 7) is 0. The van der Waals surface area contributed by atoms with Crippen molar-refractivity contribution < 1.29 is 9.53 Å². The van der Waals surface area contributed by atoms with Crippen molar-refractivity contribution in [3.8, 4) is 5.75 Å². The van der Waals surface area contributed by atoms with Gasteiger partial charge in [-0.3, -0.25) is 4.79 Å². The van der Waals surface area contributed by atoms with Gasteiger partial charge in [0.15, 0.2) is 5.69 Å². The molecule has 0 aliphatic rings. The molecule has 2 aromatic carbocycles. The molecule has 0 fully saturated rings. The van der Waals surface area contributed by atoms with Crippen molar-refractivity contribution in [2.75, 3.05) is 7.11 Å². The molecular weight excluding hydrogens is 292 g/mol. The van der Waals surface area contributed by atoms with Gasteiger partial charge < -0.3 is 10.1 Å². The second kappa shape index (κ2) is 6.74. The lowest BCUT2D eigenvalue weighted by atomic mass is 9.97. The Morgan fingerprint density at radius 3 is 2.57 bits per heavy atom. The molecule has 0 spiro atoms. The van der Waals surface area contributed by atoms with Crippen molar-refractivity contribution in [2.45, 2.75) is 6.04 Å². The minimum atomic E-state index is -0.350. The Hall–Kier alpha value is -3.15. The standard InChI is InChI=1S/C17H16N4O2/c1-23-15-10-6-5-9-13(15)16(12-7-3-2-4-8-12)19-17(22)14-11-18-21-20-14/h2-11,16H,1H3,(H,19,22)(H,18,20,21). The van der Waals surface area contributed by atoms with E-state index in [0.717, 1.165) is 11.1 Å². The number of hydrogen-bond acceptors (Lipinski definition) is 4. The highest BCUT2D eigenvalue weighted by atomic mass is 16.5. The SMILES string of the molecule is COc1ccccc1C(NC(=O)c1cn[nH]n1)c1ccccc1. The summed E-state index contributed by atoms with van der Waals surface area (Å²) in [7, 11) is 1.61. The van der Waals surface area contributed by atoms with Crippen LogP contribution in [0.2, 0.25) is 0 Å². The van der Waals surface area contributed by atoms with Crippen LogP contribution in [0, 0.1) is 0 Å². The molecule has 23 heavy (non-hydrogen) atoms. The van der Waals surface area contributed by atoms with Crippen LogP contribution in [0.1, 0.15) is 27.7 Å². The summed E-state index contributed by atoms with van der Waals surface area (Å²) in [4.78, 5) is 12.4. The molecule has 1 atom stereocenters. The Morgan fingerprint density at radius 1 is 1.13 bits per heavy atom. The number of nitrogens with one attached hydrogen (secondary N) is 2. The highest BCUT2D eigenvalue weighted by molar-refractivity contribution is 5.92. The number of aromatic nitrogens is 3. The normalized spacial score (nSPS) is 11.7. The van der Waals surface area contributed by atoms with Crippen LogP contribution in [0.15, 0.2) is 60.8 Å². The van der Waals surface area contributed by atoms with Crippen LogP contribution >= 0.6 is 0 Å². The molecule has 1 heterocycles. The Balaban J connectivity index is 1.99. The Morgan fingerprint density at radius 2 is 1.87 bits per heavy atom. The fourth-order valence-corrected chi connectivity index (χ4v) is 2.41. The van der Waals surface area contributed by atoms with Crippen molar-refractivity contribution in [3.63, 3.8) is 0 Å². The number of ether oxygens (including phenoxy) is 1. The van der Waals surface area contributed by atoms with Gasteiger partial charge in [0.2, 0.25) is 0 Å². The number of benzene rings is 2. The zero-order valence-electron chi connectivity index (χ0n) is 12.6. The van der Waals surface area contributed by atoms with Crippen molar-refractivity contribution in [1.82, 2.24) is 20.7 Å². The second-order valence-corrected chi connectivity index (χ2v) is 4.91. The van der Waals surface area contributed by atoms with Crippen LogP contribution < -0.4 is 10.1 Å². The molecule has 6 heteroatoms. The summed E-state index contributed by atoms with van der Waals surface area (Å²) in [5.41, 5.74) is 2.06. The van der Waals surface area contributed by atoms with Gasteiger partial charge in [-0.05, 0) is 11.6 Å². The number of amides is 1. The molecule has 116 valence electrons. The Bertz CT molecular complexity index is 772. The smallest absolute Gasteiger partial charge is 0.274 e. The van der Waals surface area contributed by atoms with Crippen LogP contribution in [-0.2, 0) is 0 Å². The molecule has 1 aromatic heterocycles. The summed E-state index contributed by atoms with van der Waals surface area (Å²) in [6.07, 6.45) is 1.39. The summed E-state index contributed by atoms with van der Waals surface area (Å²) < 4.78 is 5.43. The van der Waals surface area contributed by atoms with Crippen LogP contribution in [0.3, 0.4) is 0 Å². The van der Waals surface area contributed by atoms with E-state index in [9.17, 15) is 4.79 Å². The first-order chi connectivity index (χ1) is 11.3. The third kappa shape index (κ3) is 3.21. The predicted molar refractivity (Wildman–Crippen MR) is 85.1 cm³/mol. The number of rotatable bonds is 5. The number of nitrogens with zero attached hydrogens (tertiary/aromatic N) is 2. The monoisotopic (exact) mass is 308 g/mol. The predicted octanol–water partition coefficient (Wildman–Crippen LogP) is 2.33. The quantitative estimate of drug-likeness (QED) is 0.758. The Kier molecular flexibility index (Phi) is 4.33. The highest BCUT2D eigenvalue weighted by Crippen LogP contribution is 2.30. The zero-order chi connectivity index (χ0) is 16.1. The van der Waals surface area contributed by atoms with E-state index in [2.05, 4.69) is 20.7 Å². The average Bonchev–Trinajstić information content (AvgIpc) is 3.15. The number of H-pyrrole nitrogens is 1. The van der Waals surface area contributed by atoms with Gasteiger partial charge in [0.25, 0.3) is 5.91 Å². The number of aromatic amines is 1. The average molecular weight is 308 g/mol. The maximum Gasteiger partial charge on any atom is 0.274 e. The minimum absolute atomic E-state index is 0.237. The summed E-state index contributed by atoms with van der Waals surface area (Å²) in [5, 5.41) is 12.9. The lowest BCUT2D eigenvalue weighted by Gasteiger charge is -2.21. The molecule has 6 nitrogen and oxygen atoms in total. The van der Waals surface area contributed by atoms with Crippen LogP contribution in [0.4, 0.5) is 0 Å². The molecule has 0 aliphatic carbocycles. The van der Waals surface area contributed by atoms with E-state index in [-0.39, 0.29) is 17.6 Å². The van der Waals surface area contributed by atoms with E-state index in [0.29, 0.717) is 5.75 Å². The summed E-state index contributed by atoms with van der Waals surface area (Å²) in [5.74, 6) is 0.403. The summed E-state index contributed by atoms with van der Waals surface area (Å²) in [6, 6.07) is 17.0. The fraction of sp³-hybridized carbons (Fsp3) is 0.118. The molecule has 0 bridgehead atoms. The van der Waals surface area contributed by atoms with E-state index in [1.165, 1.54) is 6.20 Å². The van der Waals surface area contributed by atoms with Crippen LogP contribution in [0.25, 0.3) is 0 Å². The van der Waals surface area contributed by atoms with E-state index in [1.54, 1.807) is 7.11 Å². The highest BCUT2D eigenvalue weighted by Gasteiger charge is 2.21. The third-order valence-corrected chi connectivity index (χ3v) is 3.51. The molecule has 1 amide bonds. The van der Waals surface area contributed by atoms with Gasteiger partial charge in [0, 0.05) is 5.56 Å². The second-order valence-electron chi connectivity index (χ2n) is 4.91. The first-order valence-corrected chi connectivity index (χ1v) is 7.14. The van der Waals surface area contributed by atoms with Gasteiger partial charge >= 0.3 is 0 Å². The van der Waals surface area contributed by atoms with Gasteiger partial charge in [-0.2, -0.15) is 15.4 Å². The van der Waals surface area contributed by atoms with Crippen molar-refractivity contribution >= 4 is 5.91 Å². The molecule has 0 radical (unpaired) electrons. The molecular formula is C17H16N4O2. The minimum Gasteiger partial charge on any atom is -0.496 e. The number of hydrogen-bond donors (Lipinski definition) is 2. The lowest BCUT2D eigenvalue weighted by Crippen LogP contribution is -2.29. The largest absolute Gasteiger partial charge is 0.496 e. The van der Waals surface area contributed by atoms with E-state index in [4.69, 9.17) is 4.74 Å². The van der Waals surface area contributed by atoms with Gasteiger partial charge in [-0.25, -0.2) is 0 Å². The van der Waals surface area contributed by atoms with E-state index < -0.39 is 0 Å². The Labute approximate surface area is 133 Å². The molecule has 0 aliphatic heterocycles. The number of carbonyl (C=O) groups excluding carboxylic acids is 1. The van der Waals surface area contributed by atoms with Gasteiger partial charge in [0.1, 0.15) is 5.75 Å². The topological polar surface area (TPSA) is 79.9 Å². The zero-order valence-corrected chi connectivity index (χ0v) is 12.6. The van der Waals surface area contributed by atoms with Crippen LogP contribution in [-0.4, -0.2) is 28.4 Å². The molecule has 2 N–H and O–H groups in total. The fourth-order valence-electron chi connectivity index (χ4n) is 2.41. The number of para-hydroxylation sites is 1. The van der Waals surface area contributed by atoms with E-state index in [1.807, 2.05) is 54.6 Å². The van der Waals surface area contributed by atoms with Crippen molar-refractivity contribution in [2.24, 2.45) is 0 Å². The van der Waals surface area contributed by atoms with Crippen LogP contribution in [0.5, 0.6) is 5.75 Å². The van der Waals surface area contributed by atoms with Crippen molar-refractivity contribution in [3.05, 3.63) is 77.6 Å². The van der Waals surface area contributed by atoms with E-state index >= 15 is 0 Å². The summed E-state index contributed by atoms with van der Waals surface area (Å²) >= 11 is 0. The first kappa shape index (κ1) is 14.8. The third-order valence-electron chi connectivity index (χ3n) is 3.51. The molecule has 3 aromatic rings. The van der Waals surface area contributed by atoms with Crippen molar-refractivity contribution in [1.29, 1.82) is 0 Å². The first-order valence-electron chi connectivity index (χ1n) is 7.14. The molecule has 1 unspecified atom stereocenters.